The van der Waals surface area contributed by atoms with Crippen molar-refractivity contribution in [1.29, 1.82) is 0 Å². The van der Waals surface area contributed by atoms with Crippen LogP contribution < -0.4 is 0 Å². The Hall–Kier alpha value is -1.44. The molecule has 1 N–H and O–H groups in total. The lowest BCUT2D eigenvalue weighted by molar-refractivity contribution is -0.136. The molecule has 0 spiro atoms. The van der Waals surface area contributed by atoms with E-state index < -0.39 is 15.8 Å². The van der Waals surface area contributed by atoms with Gasteiger partial charge in [0.2, 0.25) is 5.89 Å². The zero-order chi connectivity index (χ0) is 11.8. The van der Waals surface area contributed by atoms with Gasteiger partial charge in [0.05, 0.1) is 17.4 Å². The summed E-state index contributed by atoms with van der Waals surface area (Å²) in [6.45, 7) is 0. The van der Waals surface area contributed by atoms with Crippen molar-refractivity contribution in [3.63, 3.8) is 0 Å². The molecule has 0 amide bonds. The van der Waals surface area contributed by atoms with E-state index in [1.54, 1.807) is 0 Å². The maximum Gasteiger partial charge on any atom is 0.311 e. The first kappa shape index (κ1) is 11.1. The summed E-state index contributed by atoms with van der Waals surface area (Å²) in [5.74, 6) is -0.925. The third-order valence-corrected chi connectivity index (χ3v) is 4.14. The zero-order valence-electron chi connectivity index (χ0n) is 8.29. The second kappa shape index (κ2) is 3.85. The normalized spacial score (nSPS) is 23.4. The van der Waals surface area contributed by atoms with Crippen LogP contribution in [0.5, 0.6) is 0 Å². The predicted octanol–water partition coefficient (Wildman–Crippen LogP) is -0.401. The minimum absolute atomic E-state index is 0.00169. The van der Waals surface area contributed by atoms with Gasteiger partial charge in [-0.15, -0.1) is 0 Å². The van der Waals surface area contributed by atoms with Gasteiger partial charge < -0.3 is 9.63 Å². The lowest BCUT2D eigenvalue weighted by atomic mass is 10.1. The summed E-state index contributed by atoms with van der Waals surface area (Å²) in [6, 6.07) is 0. The zero-order valence-corrected chi connectivity index (χ0v) is 9.11. The summed E-state index contributed by atoms with van der Waals surface area (Å²) >= 11 is 0. The van der Waals surface area contributed by atoms with Crippen molar-refractivity contribution in [3.05, 3.63) is 11.7 Å². The number of aliphatic carboxylic acids is 1. The van der Waals surface area contributed by atoms with Gasteiger partial charge in [-0.25, -0.2) is 8.42 Å². The highest BCUT2D eigenvalue weighted by Crippen LogP contribution is 2.27. The molecule has 0 bridgehead atoms. The Morgan fingerprint density at radius 2 is 2.31 bits per heavy atom. The largest absolute Gasteiger partial charge is 0.481 e. The first-order chi connectivity index (χ1) is 7.46. The molecule has 2 rings (SSSR count). The van der Waals surface area contributed by atoms with Gasteiger partial charge in [-0.2, -0.15) is 4.98 Å². The van der Waals surface area contributed by atoms with Crippen molar-refractivity contribution in [3.8, 4) is 0 Å². The smallest absolute Gasteiger partial charge is 0.311 e. The van der Waals surface area contributed by atoms with Gasteiger partial charge >= 0.3 is 5.97 Å². The number of carboxylic acid groups (broad SMARTS) is 1. The minimum Gasteiger partial charge on any atom is -0.481 e. The molecule has 7 nitrogen and oxygen atoms in total. The first-order valence-electron chi connectivity index (χ1n) is 4.71. The molecule has 8 heteroatoms. The molecule has 2 heterocycles. The number of aromatic nitrogens is 2. The molecular formula is C8H10N2O5S. The molecular weight excluding hydrogens is 236 g/mol. The van der Waals surface area contributed by atoms with Crippen LogP contribution in [0.3, 0.4) is 0 Å². The highest BCUT2D eigenvalue weighted by Gasteiger charge is 2.32. The van der Waals surface area contributed by atoms with E-state index in [2.05, 4.69) is 10.1 Å². The third-order valence-electron chi connectivity index (χ3n) is 2.37. The van der Waals surface area contributed by atoms with E-state index in [9.17, 15) is 13.2 Å². The summed E-state index contributed by atoms with van der Waals surface area (Å²) < 4.78 is 27.3. The monoisotopic (exact) mass is 246 g/mol. The van der Waals surface area contributed by atoms with Gasteiger partial charge in [0.25, 0.3) is 0 Å². The van der Waals surface area contributed by atoms with Crippen LogP contribution >= 0.6 is 0 Å². The maximum absolute atomic E-state index is 11.2. The maximum atomic E-state index is 11.2. The van der Waals surface area contributed by atoms with Crippen LogP contribution in [-0.4, -0.2) is 41.1 Å². The van der Waals surface area contributed by atoms with Crippen LogP contribution in [0.1, 0.15) is 24.1 Å². The number of carboxylic acids is 1. The molecule has 1 aliphatic heterocycles. The fourth-order valence-electron chi connectivity index (χ4n) is 1.63. The average molecular weight is 246 g/mol. The second-order valence-corrected chi connectivity index (χ2v) is 5.95. The van der Waals surface area contributed by atoms with Gasteiger partial charge in [0.1, 0.15) is 6.42 Å². The van der Waals surface area contributed by atoms with E-state index >= 15 is 0 Å². The van der Waals surface area contributed by atoms with Crippen LogP contribution in [0.2, 0.25) is 0 Å². The highest BCUT2D eigenvalue weighted by atomic mass is 32.2. The number of rotatable bonds is 3. The van der Waals surface area contributed by atoms with Gasteiger partial charge in [0.15, 0.2) is 15.7 Å². The van der Waals surface area contributed by atoms with Crippen LogP contribution in [0.4, 0.5) is 0 Å². The van der Waals surface area contributed by atoms with Crippen molar-refractivity contribution in [2.45, 2.75) is 18.8 Å². The molecule has 16 heavy (non-hydrogen) atoms. The van der Waals surface area contributed by atoms with E-state index in [1.807, 2.05) is 0 Å². The van der Waals surface area contributed by atoms with E-state index in [-0.39, 0.29) is 35.6 Å². The molecule has 0 saturated carbocycles. The van der Waals surface area contributed by atoms with Gasteiger partial charge in [0, 0.05) is 0 Å². The summed E-state index contributed by atoms with van der Waals surface area (Å²) in [7, 11) is -3.00. The van der Waals surface area contributed by atoms with Gasteiger partial charge in [-0.3, -0.25) is 4.79 Å². The molecule has 1 atom stereocenters. The van der Waals surface area contributed by atoms with Crippen LogP contribution in [0.15, 0.2) is 4.52 Å². The summed E-state index contributed by atoms with van der Waals surface area (Å²) in [5.41, 5.74) is 0. The number of hydrogen-bond donors (Lipinski definition) is 1. The first-order valence-corrected chi connectivity index (χ1v) is 6.53. The Morgan fingerprint density at radius 3 is 2.88 bits per heavy atom. The Labute approximate surface area is 91.4 Å². The molecule has 0 aromatic carbocycles. The molecule has 1 fully saturated rings. The molecule has 1 aliphatic rings. The number of nitrogens with zero attached hydrogens (tertiary/aromatic N) is 2. The molecule has 1 saturated heterocycles. The fourth-order valence-corrected chi connectivity index (χ4v) is 3.36. The standard InChI is InChI=1S/C8H10N2O5S/c11-7(12)3-6-9-8(15-10-6)5-1-2-16(13,14)4-5/h5H,1-4H2,(H,11,12). The van der Waals surface area contributed by atoms with Crippen molar-refractivity contribution < 1.29 is 22.8 Å². The lowest BCUT2D eigenvalue weighted by Crippen LogP contribution is -2.05. The summed E-state index contributed by atoms with van der Waals surface area (Å²) in [4.78, 5) is 14.3. The molecule has 1 aromatic heterocycles. The number of sulfone groups is 1. The van der Waals surface area contributed by atoms with Crippen LogP contribution in [-0.2, 0) is 21.1 Å². The third kappa shape index (κ3) is 2.38. The SMILES string of the molecule is O=C(O)Cc1noc(C2CCS(=O)(=O)C2)n1. The van der Waals surface area contributed by atoms with Gasteiger partial charge in [-0.1, -0.05) is 5.16 Å². The van der Waals surface area contributed by atoms with Crippen molar-refractivity contribution >= 4 is 15.8 Å². The Morgan fingerprint density at radius 1 is 1.56 bits per heavy atom. The highest BCUT2D eigenvalue weighted by molar-refractivity contribution is 7.91. The molecule has 0 radical (unpaired) electrons. The number of hydrogen-bond acceptors (Lipinski definition) is 6. The van der Waals surface area contributed by atoms with Crippen molar-refractivity contribution in [1.82, 2.24) is 10.1 Å². The van der Waals surface area contributed by atoms with Crippen LogP contribution in [0, 0.1) is 0 Å². The summed E-state index contributed by atoms with van der Waals surface area (Å²) in [6.07, 6.45) is 0.139. The molecule has 88 valence electrons. The second-order valence-electron chi connectivity index (χ2n) is 3.72. The Balaban J connectivity index is 2.11. The molecule has 1 unspecified atom stereocenters. The number of carbonyl (C=O) groups is 1. The lowest BCUT2D eigenvalue weighted by Gasteiger charge is -1.97. The minimum atomic E-state index is -3.00. The Kier molecular flexibility index (Phi) is 2.66. The quantitative estimate of drug-likeness (QED) is 0.772. The van der Waals surface area contributed by atoms with E-state index in [1.165, 1.54) is 0 Å². The Bertz CT molecular complexity index is 506. The van der Waals surface area contributed by atoms with E-state index in [0.29, 0.717) is 6.42 Å². The average Bonchev–Trinajstić information content (AvgIpc) is 2.71. The van der Waals surface area contributed by atoms with Crippen molar-refractivity contribution in [2.75, 3.05) is 11.5 Å². The molecule has 1 aromatic rings. The predicted molar refractivity (Wildman–Crippen MR) is 51.6 cm³/mol. The van der Waals surface area contributed by atoms with Crippen LogP contribution in [0.25, 0.3) is 0 Å². The topological polar surface area (TPSA) is 110 Å². The fraction of sp³-hybridized carbons (Fsp3) is 0.625. The van der Waals surface area contributed by atoms with E-state index in [0.717, 1.165) is 0 Å². The van der Waals surface area contributed by atoms with E-state index in [4.69, 9.17) is 9.63 Å². The summed E-state index contributed by atoms with van der Waals surface area (Å²) in [5, 5.41) is 12.0. The van der Waals surface area contributed by atoms with Crippen molar-refractivity contribution in [2.24, 2.45) is 0 Å². The van der Waals surface area contributed by atoms with Gasteiger partial charge in [-0.05, 0) is 6.42 Å². The molecule has 0 aliphatic carbocycles.